The van der Waals surface area contributed by atoms with Crippen LogP contribution in [0, 0.1) is 16.7 Å². The second kappa shape index (κ2) is 5.54. The number of methoxy groups -OCH3 is 1. The van der Waals surface area contributed by atoms with Crippen LogP contribution in [0.1, 0.15) is 35.3 Å². The van der Waals surface area contributed by atoms with Crippen molar-refractivity contribution in [3.8, 4) is 6.07 Å². The standard InChI is InChI=1S/C18H18N2O3/c1-20-13-7-4-3-6-12(13)15-14(20)8-10-18(16(15)21,9-5-11-19)17(22)23-2/h3-4,6-7H,5,8-10H2,1-2H3. The number of carbonyl (C=O) groups is 2. The summed E-state index contributed by atoms with van der Waals surface area (Å²) in [6.07, 6.45) is 1.36. The number of aromatic nitrogens is 1. The fourth-order valence-electron chi connectivity index (χ4n) is 3.68. The molecule has 3 rings (SSSR count). The Hall–Kier alpha value is -2.61. The topological polar surface area (TPSA) is 72.1 Å². The fourth-order valence-corrected chi connectivity index (χ4v) is 3.68. The van der Waals surface area contributed by atoms with E-state index >= 15 is 0 Å². The van der Waals surface area contributed by atoms with Crippen LogP contribution in [0.4, 0.5) is 0 Å². The van der Waals surface area contributed by atoms with Gasteiger partial charge >= 0.3 is 5.97 Å². The van der Waals surface area contributed by atoms with Gasteiger partial charge in [-0.15, -0.1) is 0 Å². The van der Waals surface area contributed by atoms with Gasteiger partial charge in [-0.05, 0) is 25.3 Å². The monoisotopic (exact) mass is 310 g/mol. The largest absolute Gasteiger partial charge is 0.468 e. The minimum absolute atomic E-state index is 0.154. The molecule has 5 heteroatoms. The van der Waals surface area contributed by atoms with E-state index in [-0.39, 0.29) is 18.6 Å². The highest BCUT2D eigenvalue weighted by Gasteiger charge is 2.50. The number of rotatable bonds is 3. The molecule has 0 saturated heterocycles. The molecule has 0 spiro atoms. The number of hydrogen-bond acceptors (Lipinski definition) is 4. The van der Waals surface area contributed by atoms with Crippen LogP contribution in [0.2, 0.25) is 0 Å². The summed E-state index contributed by atoms with van der Waals surface area (Å²) in [5, 5.41) is 9.77. The number of para-hydroxylation sites is 1. The highest BCUT2D eigenvalue weighted by molar-refractivity contribution is 6.19. The van der Waals surface area contributed by atoms with Crippen LogP contribution in [-0.4, -0.2) is 23.4 Å². The summed E-state index contributed by atoms with van der Waals surface area (Å²) in [6.45, 7) is 0. The first-order valence-corrected chi connectivity index (χ1v) is 7.63. The summed E-state index contributed by atoms with van der Waals surface area (Å²) < 4.78 is 6.94. The Morgan fingerprint density at radius 1 is 1.43 bits per heavy atom. The molecular formula is C18H18N2O3. The van der Waals surface area contributed by atoms with E-state index in [1.54, 1.807) is 0 Å². The third kappa shape index (κ3) is 2.06. The number of ketones is 1. The van der Waals surface area contributed by atoms with Gasteiger partial charge in [0.2, 0.25) is 0 Å². The van der Waals surface area contributed by atoms with Crippen molar-refractivity contribution in [3.05, 3.63) is 35.5 Å². The van der Waals surface area contributed by atoms with Crippen LogP contribution in [0.15, 0.2) is 24.3 Å². The van der Waals surface area contributed by atoms with Gasteiger partial charge in [0, 0.05) is 35.6 Å². The first kappa shape index (κ1) is 15.3. The lowest BCUT2D eigenvalue weighted by Gasteiger charge is -2.32. The van der Waals surface area contributed by atoms with E-state index < -0.39 is 11.4 Å². The Morgan fingerprint density at radius 2 is 2.17 bits per heavy atom. The highest BCUT2D eigenvalue weighted by Crippen LogP contribution is 2.43. The summed E-state index contributed by atoms with van der Waals surface area (Å²) in [5.41, 5.74) is 1.30. The Morgan fingerprint density at radius 3 is 2.87 bits per heavy atom. The quantitative estimate of drug-likeness (QED) is 0.645. The van der Waals surface area contributed by atoms with E-state index in [2.05, 4.69) is 0 Å². The van der Waals surface area contributed by atoms with Crippen molar-refractivity contribution in [3.63, 3.8) is 0 Å². The molecule has 1 unspecified atom stereocenters. The number of carbonyl (C=O) groups excluding carboxylic acids is 2. The first-order valence-electron chi connectivity index (χ1n) is 7.63. The fraction of sp³-hybridized carbons (Fsp3) is 0.389. The van der Waals surface area contributed by atoms with E-state index in [1.807, 2.05) is 41.9 Å². The highest BCUT2D eigenvalue weighted by atomic mass is 16.5. The van der Waals surface area contributed by atoms with Gasteiger partial charge in [0.1, 0.15) is 5.41 Å². The molecule has 0 amide bonds. The molecule has 1 aliphatic rings. The second-order valence-corrected chi connectivity index (χ2v) is 5.96. The van der Waals surface area contributed by atoms with E-state index in [1.165, 1.54) is 7.11 Å². The van der Waals surface area contributed by atoms with Crippen molar-refractivity contribution in [2.75, 3.05) is 7.11 Å². The summed E-state index contributed by atoms with van der Waals surface area (Å²) in [4.78, 5) is 25.6. The van der Waals surface area contributed by atoms with Gasteiger partial charge in [-0.25, -0.2) is 0 Å². The van der Waals surface area contributed by atoms with E-state index in [0.717, 1.165) is 16.6 Å². The predicted molar refractivity (Wildman–Crippen MR) is 84.9 cm³/mol. The van der Waals surface area contributed by atoms with Gasteiger partial charge in [-0.3, -0.25) is 9.59 Å². The van der Waals surface area contributed by atoms with Crippen molar-refractivity contribution in [1.82, 2.24) is 4.57 Å². The van der Waals surface area contributed by atoms with Gasteiger partial charge in [0.25, 0.3) is 0 Å². The minimum Gasteiger partial charge on any atom is -0.468 e. The predicted octanol–water partition coefficient (Wildman–Crippen LogP) is 2.77. The summed E-state index contributed by atoms with van der Waals surface area (Å²) in [5.74, 6) is -0.742. The summed E-state index contributed by atoms with van der Waals surface area (Å²) in [7, 11) is 3.23. The maximum absolute atomic E-state index is 13.2. The van der Waals surface area contributed by atoms with Crippen LogP contribution in [0.5, 0.6) is 0 Å². The molecule has 1 atom stereocenters. The number of esters is 1. The van der Waals surface area contributed by atoms with Crippen LogP contribution >= 0.6 is 0 Å². The number of fused-ring (bicyclic) bond motifs is 3. The van der Waals surface area contributed by atoms with Gasteiger partial charge in [-0.1, -0.05) is 18.2 Å². The van der Waals surface area contributed by atoms with Crippen LogP contribution in [0.25, 0.3) is 10.9 Å². The van der Waals surface area contributed by atoms with Crippen molar-refractivity contribution in [1.29, 1.82) is 5.26 Å². The molecule has 0 fully saturated rings. The molecule has 0 bridgehead atoms. The third-order valence-corrected chi connectivity index (χ3v) is 4.92. The summed E-state index contributed by atoms with van der Waals surface area (Å²) >= 11 is 0. The lowest BCUT2D eigenvalue weighted by atomic mass is 9.69. The molecule has 1 aliphatic carbocycles. The minimum atomic E-state index is -1.23. The average molecular weight is 310 g/mol. The molecule has 0 aliphatic heterocycles. The SMILES string of the molecule is COC(=O)C1(CCC#N)CCc2c(c3ccccc3n2C)C1=O. The maximum Gasteiger partial charge on any atom is 0.319 e. The molecule has 0 saturated carbocycles. The van der Waals surface area contributed by atoms with Gasteiger partial charge in [0.05, 0.1) is 13.2 Å². The molecular weight excluding hydrogens is 292 g/mol. The van der Waals surface area contributed by atoms with E-state index in [0.29, 0.717) is 18.4 Å². The Kier molecular flexibility index (Phi) is 3.69. The smallest absolute Gasteiger partial charge is 0.319 e. The first-order chi connectivity index (χ1) is 11.1. The molecule has 0 N–H and O–H groups in total. The Labute approximate surface area is 134 Å². The molecule has 118 valence electrons. The van der Waals surface area contributed by atoms with Crippen LogP contribution < -0.4 is 0 Å². The van der Waals surface area contributed by atoms with Gasteiger partial charge in [-0.2, -0.15) is 5.26 Å². The lowest BCUT2D eigenvalue weighted by Crippen LogP contribution is -2.43. The van der Waals surface area contributed by atoms with Crippen molar-refractivity contribution in [2.24, 2.45) is 12.5 Å². The number of ether oxygens (including phenoxy) is 1. The van der Waals surface area contributed by atoms with Crippen molar-refractivity contribution < 1.29 is 14.3 Å². The molecule has 23 heavy (non-hydrogen) atoms. The molecule has 1 aromatic carbocycles. The molecule has 2 aromatic rings. The maximum atomic E-state index is 13.2. The zero-order valence-electron chi connectivity index (χ0n) is 13.3. The lowest BCUT2D eigenvalue weighted by molar-refractivity contribution is -0.150. The molecule has 5 nitrogen and oxygen atoms in total. The number of Topliss-reactive ketones (excluding diaryl/α,β-unsaturated/α-hetero) is 1. The van der Waals surface area contributed by atoms with Gasteiger partial charge in [0.15, 0.2) is 5.78 Å². The molecule has 0 radical (unpaired) electrons. The van der Waals surface area contributed by atoms with E-state index in [4.69, 9.17) is 10.00 Å². The number of benzene rings is 1. The third-order valence-electron chi connectivity index (χ3n) is 4.92. The van der Waals surface area contributed by atoms with Crippen LogP contribution in [0.3, 0.4) is 0 Å². The van der Waals surface area contributed by atoms with Crippen molar-refractivity contribution in [2.45, 2.75) is 25.7 Å². The van der Waals surface area contributed by atoms with E-state index in [9.17, 15) is 9.59 Å². The normalized spacial score (nSPS) is 20.1. The van der Waals surface area contributed by atoms with Crippen LogP contribution in [-0.2, 0) is 23.0 Å². The zero-order chi connectivity index (χ0) is 16.6. The number of aryl methyl sites for hydroxylation is 1. The molecule has 1 heterocycles. The molecule has 1 aromatic heterocycles. The number of nitrogens with zero attached hydrogens (tertiary/aromatic N) is 2. The zero-order valence-corrected chi connectivity index (χ0v) is 13.3. The van der Waals surface area contributed by atoms with Gasteiger partial charge < -0.3 is 9.30 Å². The second-order valence-electron chi connectivity index (χ2n) is 5.96. The Balaban J connectivity index is 2.21. The Bertz CT molecular complexity index is 844. The number of hydrogen-bond donors (Lipinski definition) is 0. The summed E-state index contributed by atoms with van der Waals surface area (Å²) in [6, 6.07) is 9.74. The average Bonchev–Trinajstić information content (AvgIpc) is 2.87. The number of nitriles is 1. The van der Waals surface area contributed by atoms with Crippen molar-refractivity contribution >= 4 is 22.7 Å².